The number of para-hydroxylation sites is 1. The van der Waals surface area contributed by atoms with Crippen LogP contribution in [0.4, 0.5) is 5.69 Å². The lowest BCUT2D eigenvalue weighted by Gasteiger charge is -2.38. The predicted octanol–water partition coefficient (Wildman–Crippen LogP) is 7.15. The first-order valence-electron chi connectivity index (χ1n) is 12.9. The van der Waals surface area contributed by atoms with Crippen molar-refractivity contribution < 1.29 is 14.6 Å². The van der Waals surface area contributed by atoms with Gasteiger partial charge in [0.15, 0.2) is 0 Å². The lowest BCUT2D eigenvalue weighted by molar-refractivity contribution is -0.119. The average molecular weight is 578 g/mol. The molecule has 5 nitrogen and oxygen atoms in total. The minimum absolute atomic E-state index is 0.0728. The van der Waals surface area contributed by atoms with Gasteiger partial charge < -0.3 is 19.6 Å². The van der Waals surface area contributed by atoms with Gasteiger partial charge in [-0.3, -0.25) is 4.79 Å². The number of benzene rings is 3. The lowest BCUT2D eigenvalue weighted by Crippen LogP contribution is -2.47. The van der Waals surface area contributed by atoms with Crippen LogP contribution in [0.15, 0.2) is 72.8 Å². The third-order valence-electron chi connectivity index (χ3n) is 6.41. The highest BCUT2D eigenvalue weighted by Gasteiger charge is 2.28. The predicted molar refractivity (Wildman–Crippen MR) is 158 cm³/mol. The topological polar surface area (TPSA) is 53.0 Å². The molecule has 1 saturated heterocycles. The molecule has 1 aliphatic rings. The molecule has 3 aromatic rings. The number of rotatable bonds is 9. The Morgan fingerprint density at radius 3 is 2.16 bits per heavy atom. The number of aliphatic hydroxyl groups is 1. The fourth-order valence-electron chi connectivity index (χ4n) is 4.42. The Bertz CT molecular complexity index is 1120. The van der Waals surface area contributed by atoms with Crippen LogP contribution in [0.5, 0.6) is 5.75 Å². The summed E-state index contributed by atoms with van der Waals surface area (Å²) in [5.41, 5.74) is 2.44. The van der Waals surface area contributed by atoms with Gasteiger partial charge >= 0.3 is 0 Å². The molecule has 0 aliphatic carbocycles. The molecule has 0 aromatic heterocycles. The Morgan fingerprint density at radius 1 is 0.947 bits per heavy atom. The largest absolute Gasteiger partial charge is 0.490 e. The van der Waals surface area contributed by atoms with Crippen LogP contribution in [-0.4, -0.2) is 54.8 Å². The fourth-order valence-corrected chi connectivity index (χ4v) is 5.01. The Balaban J connectivity index is 0.000000260. The summed E-state index contributed by atoms with van der Waals surface area (Å²) in [5.74, 6) is 0.652. The fraction of sp³-hybridized carbons (Fsp3) is 0.367. The molecule has 1 N–H and O–H groups in total. The SMILES string of the molecule is CCC(=O)N(c1ccccc1)C1CCN(CCc2ccccc2)CC1.OCCOc1cc(Cl)c(Cl)cc1Cl. The Kier molecular flexibility index (Phi) is 12.7. The number of nitrogens with zero attached hydrogens (tertiary/aromatic N) is 2. The van der Waals surface area contributed by atoms with Crippen molar-refractivity contribution in [3.63, 3.8) is 0 Å². The Labute approximate surface area is 240 Å². The molecule has 0 radical (unpaired) electrons. The second kappa shape index (κ2) is 16.0. The van der Waals surface area contributed by atoms with Crippen LogP contribution >= 0.6 is 34.8 Å². The zero-order valence-corrected chi connectivity index (χ0v) is 23.9. The van der Waals surface area contributed by atoms with E-state index in [2.05, 4.69) is 47.4 Å². The van der Waals surface area contributed by atoms with E-state index in [4.69, 9.17) is 44.6 Å². The summed E-state index contributed by atoms with van der Waals surface area (Å²) >= 11 is 17.2. The number of halogens is 3. The molecule has 0 bridgehead atoms. The molecule has 0 spiro atoms. The van der Waals surface area contributed by atoms with Crippen LogP contribution in [0.2, 0.25) is 15.1 Å². The number of anilines is 1. The number of carbonyl (C=O) groups excluding carboxylic acids is 1. The van der Waals surface area contributed by atoms with Gasteiger partial charge in [0.25, 0.3) is 0 Å². The molecule has 8 heteroatoms. The number of aliphatic hydroxyl groups excluding tert-OH is 1. The van der Waals surface area contributed by atoms with Crippen molar-refractivity contribution in [3.05, 3.63) is 93.4 Å². The molecule has 0 saturated carbocycles. The van der Waals surface area contributed by atoms with Gasteiger partial charge in [0.05, 0.1) is 21.7 Å². The van der Waals surface area contributed by atoms with E-state index in [0.717, 1.165) is 44.6 Å². The van der Waals surface area contributed by atoms with E-state index in [1.807, 2.05) is 30.0 Å². The van der Waals surface area contributed by atoms with Gasteiger partial charge in [-0.25, -0.2) is 0 Å². The molecule has 1 fully saturated rings. The van der Waals surface area contributed by atoms with Crippen LogP contribution in [0.25, 0.3) is 0 Å². The average Bonchev–Trinajstić information content (AvgIpc) is 2.95. The molecule has 38 heavy (non-hydrogen) atoms. The van der Waals surface area contributed by atoms with Crippen molar-refractivity contribution in [2.75, 3.05) is 37.7 Å². The summed E-state index contributed by atoms with van der Waals surface area (Å²) in [6.45, 7) is 5.29. The highest BCUT2D eigenvalue weighted by atomic mass is 35.5. The van der Waals surface area contributed by atoms with Gasteiger partial charge in [-0.2, -0.15) is 0 Å². The first-order valence-corrected chi connectivity index (χ1v) is 14.1. The van der Waals surface area contributed by atoms with Gasteiger partial charge in [0.2, 0.25) is 5.91 Å². The third kappa shape index (κ3) is 9.18. The molecule has 1 aliphatic heterocycles. The van der Waals surface area contributed by atoms with E-state index in [1.165, 1.54) is 17.7 Å². The minimum Gasteiger partial charge on any atom is -0.490 e. The van der Waals surface area contributed by atoms with Gasteiger partial charge in [0, 0.05) is 43.9 Å². The maximum absolute atomic E-state index is 12.5. The van der Waals surface area contributed by atoms with Gasteiger partial charge in [-0.15, -0.1) is 0 Å². The quantitative estimate of drug-likeness (QED) is 0.274. The van der Waals surface area contributed by atoms with Crippen molar-refractivity contribution in [2.24, 2.45) is 0 Å². The number of amides is 1. The van der Waals surface area contributed by atoms with Crippen molar-refractivity contribution in [1.29, 1.82) is 0 Å². The van der Waals surface area contributed by atoms with Crippen molar-refractivity contribution in [1.82, 2.24) is 4.90 Å². The molecule has 1 amide bonds. The maximum atomic E-state index is 12.5. The smallest absolute Gasteiger partial charge is 0.226 e. The summed E-state index contributed by atoms with van der Waals surface area (Å²) in [6, 6.07) is 24.1. The molecular weight excluding hydrogens is 543 g/mol. The molecule has 1 heterocycles. The van der Waals surface area contributed by atoms with E-state index in [0.29, 0.717) is 33.3 Å². The van der Waals surface area contributed by atoms with E-state index in [9.17, 15) is 4.79 Å². The second-order valence-electron chi connectivity index (χ2n) is 9.03. The molecule has 3 aromatic carbocycles. The molecule has 0 atom stereocenters. The second-order valence-corrected chi connectivity index (χ2v) is 10.3. The number of ether oxygens (including phenoxy) is 1. The van der Waals surface area contributed by atoms with Gasteiger partial charge in [-0.1, -0.05) is 90.3 Å². The number of hydrogen-bond acceptors (Lipinski definition) is 4. The standard InChI is InChI=1S/C22H28N2O.C8H7Cl3O2/c1-2-22(25)24(20-11-7-4-8-12-20)21-14-17-23(18-15-21)16-13-19-9-5-3-6-10-19;9-5-3-7(11)8(4-6(5)10)13-2-1-12/h3-12,21H,2,13-18H2,1H3;3-4,12H,1-2H2. The van der Waals surface area contributed by atoms with Crippen molar-refractivity contribution >= 4 is 46.4 Å². The highest BCUT2D eigenvalue weighted by Crippen LogP contribution is 2.33. The summed E-state index contributed by atoms with van der Waals surface area (Å²) in [5, 5.41) is 9.64. The van der Waals surface area contributed by atoms with E-state index in [-0.39, 0.29) is 19.1 Å². The first kappa shape index (κ1) is 30.3. The zero-order chi connectivity index (χ0) is 27.3. The summed E-state index contributed by atoms with van der Waals surface area (Å²) in [6.07, 6.45) is 3.76. The van der Waals surface area contributed by atoms with E-state index < -0.39 is 0 Å². The number of hydrogen-bond donors (Lipinski definition) is 1. The van der Waals surface area contributed by atoms with Crippen LogP contribution in [0.1, 0.15) is 31.7 Å². The Hall–Kier alpha value is -2.28. The molecule has 0 unspecified atom stereocenters. The lowest BCUT2D eigenvalue weighted by atomic mass is 10.0. The van der Waals surface area contributed by atoms with Crippen LogP contribution < -0.4 is 9.64 Å². The molecular formula is C30H35Cl3N2O3. The van der Waals surface area contributed by atoms with E-state index >= 15 is 0 Å². The minimum atomic E-state index is -0.0728. The highest BCUT2D eigenvalue weighted by molar-refractivity contribution is 6.43. The number of likely N-dealkylation sites (tertiary alicyclic amines) is 1. The van der Waals surface area contributed by atoms with Crippen molar-refractivity contribution in [3.8, 4) is 5.75 Å². The Morgan fingerprint density at radius 2 is 1.55 bits per heavy atom. The third-order valence-corrected chi connectivity index (χ3v) is 7.43. The maximum Gasteiger partial charge on any atom is 0.226 e. The number of piperidine rings is 1. The first-order chi connectivity index (χ1) is 18.4. The number of carbonyl (C=O) groups is 1. The van der Waals surface area contributed by atoms with Crippen LogP contribution in [-0.2, 0) is 11.2 Å². The van der Waals surface area contributed by atoms with Gasteiger partial charge in [0.1, 0.15) is 12.4 Å². The van der Waals surface area contributed by atoms with Crippen LogP contribution in [0, 0.1) is 0 Å². The molecule has 4 rings (SSSR count). The molecule has 204 valence electrons. The normalized spacial score (nSPS) is 13.9. The summed E-state index contributed by atoms with van der Waals surface area (Å²) in [4.78, 5) is 17.1. The van der Waals surface area contributed by atoms with Crippen LogP contribution in [0.3, 0.4) is 0 Å². The zero-order valence-electron chi connectivity index (χ0n) is 21.7. The van der Waals surface area contributed by atoms with E-state index in [1.54, 1.807) is 0 Å². The summed E-state index contributed by atoms with van der Waals surface area (Å²) in [7, 11) is 0. The van der Waals surface area contributed by atoms with Crippen molar-refractivity contribution in [2.45, 2.75) is 38.6 Å². The summed E-state index contributed by atoms with van der Waals surface area (Å²) < 4.78 is 5.10. The monoisotopic (exact) mass is 576 g/mol. The van der Waals surface area contributed by atoms with Gasteiger partial charge in [-0.05, 0) is 43.0 Å².